The highest BCUT2D eigenvalue weighted by Crippen LogP contribution is 2.43. The van der Waals surface area contributed by atoms with Crippen LogP contribution in [0.4, 0.5) is 11.4 Å². The molecule has 0 unspecified atom stereocenters. The van der Waals surface area contributed by atoms with E-state index in [2.05, 4.69) is 10.3 Å². The highest BCUT2D eigenvalue weighted by molar-refractivity contribution is 6.30. The van der Waals surface area contributed by atoms with Crippen molar-refractivity contribution in [1.29, 1.82) is 0 Å². The Labute approximate surface area is 202 Å². The minimum Gasteiger partial charge on any atom is -0.305 e. The molecule has 0 saturated carbocycles. The van der Waals surface area contributed by atoms with E-state index < -0.39 is 0 Å². The minimum atomic E-state index is -0.212. The lowest BCUT2D eigenvalue weighted by molar-refractivity contribution is -0.117. The first-order chi connectivity index (χ1) is 16.3. The number of benzene rings is 3. The van der Waals surface area contributed by atoms with Crippen molar-refractivity contribution in [3.63, 3.8) is 0 Å². The molecule has 0 spiro atoms. The number of aromatic nitrogens is 3. The quantitative estimate of drug-likeness (QED) is 0.412. The molecule has 2 heterocycles. The van der Waals surface area contributed by atoms with Crippen molar-refractivity contribution in [1.82, 2.24) is 15.0 Å². The summed E-state index contributed by atoms with van der Waals surface area (Å²) >= 11 is 6.08. The summed E-state index contributed by atoms with van der Waals surface area (Å²) in [6.45, 7) is 3.58. The summed E-state index contributed by atoms with van der Waals surface area (Å²) in [4.78, 5) is 30.1. The SMILES string of the molecule is CC(=O)N(c1ccc(Cl)cc1)[C@@H]1C[C@H](C)N(C(=O)c2ccc3c(c2)nnn3C)c2ccccc21. The van der Waals surface area contributed by atoms with Crippen LogP contribution in [0.25, 0.3) is 11.0 Å². The number of para-hydroxylation sites is 1. The van der Waals surface area contributed by atoms with E-state index >= 15 is 0 Å². The third-order valence-electron chi connectivity index (χ3n) is 6.39. The monoisotopic (exact) mass is 473 g/mol. The van der Waals surface area contributed by atoms with Crippen LogP contribution in [0, 0.1) is 0 Å². The van der Waals surface area contributed by atoms with Gasteiger partial charge in [-0.15, -0.1) is 5.10 Å². The zero-order chi connectivity index (χ0) is 24.0. The molecule has 2 atom stereocenters. The van der Waals surface area contributed by atoms with Gasteiger partial charge in [0.15, 0.2) is 0 Å². The van der Waals surface area contributed by atoms with Crippen molar-refractivity contribution in [3.05, 3.63) is 82.9 Å². The number of hydrogen-bond acceptors (Lipinski definition) is 4. The predicted molar refractivity (Wildman–Crippen MR) is 133 cm³/mol. The molecule has 172 valence electrons. The van der Waals surface area contributed by atoms with E-state index in [0.29, 0.717) is 22.5 Å². The average Bonchev–Trinajstić information content (AvgIpc) is 3.20. The first kappa shape index (κ1) is 22.1. The van der Waals surface area contributed by atoms with Gasteiger partial charge in [0.25, 0.3) is 5.91 Å². The molecule has 8 heteroatoms. The molecule has 1 aliphatic rings. The maximum Gasteiger partial charge on any atom is 0.258 e. The van der Waals surface area contributed by atoms with Crippen LogP contribution in [0.1, 0.15) is 42.2 Å². The van der Waals surface area contributed by atoms with Crippen LogP contribution in [0.5, 0.6) is 0 Å². The second-order valence-electron chi connectivity index (χ2n) is 8.62. The molecule has 0 bridgehead atoms. The van der Waals surface area contributed by atoms with Crippen molar-refractivity contribution < 1.29 is 9.59 Å². The summed E-state index contributed by atoms with van der Waals surface area (Å²) in [6, 6.07) is 20.2. The van der Waals surface area contributed by atoms with Crippen molar-refractivity contribution in [2.24, 2.45) is 7.05 Å². The fourth-order valence-corrected chi connectivity index (χ4v) is 4.96. The molecule has 3 aromatic carbocycles. The number of carbonyl (C=O) groups is 2. The smallest absolute Gasteiger partial charge is 0.258 e. The van der Waals surface area contributed by atoms with Gasteiger partial charge in [-0.2, -0.15) is 0 Å². The fraction of sp³-hybridized carbons (Fsp3) is 0.231. The lowest BCUT2D eigenvalue weighted by Gasteiger charge is -2.43. The van der Waals surface area contributed by atoms with E-state index in [0.717, 1.165) is 22.5 Å². The Morgan fingerprint density at radius 2 is 1.79 bits per heavy atom. The Bertz CT molecular complexity index is 1400. The van der Waals surface area contributed by atoms with Gasteiger partial charge in [-0.25, -0.2) is 4.68 Å². The number of hydrogen-bond donors (Lipinski definition) is 0. The van der Waals surface area contributed by atoms with Gasteiger partial charge in [0, 0.05) is 42.0 Å². The van der Waals surface area contributed by atoms with Gasteiger partial charge < -0.3 is 9.80 Å². The Balaban J connectivity index is 1.56. The number of nitrogens with zero attached hydrogens (tertiary/aromatic N) is 5. The highest BCUT2D eigenvalue weighted by atomic mass is 35.5. The Hall–Kier alpha value is -3.71. The van der Waals surface area contributed by atoms with Gasteiger partial charge in [0.05, 0.1) is 11.6 Å². The predicted octanol–water partition coefficient (Wildman–Crippen LogP) is 5.15. The van der Waals surface area contributed by atoms with E-state index in [9.17, 15) is 9.59 Å². The molecule has 1 aromatic heterocycles. The Kier molecular flexibility index (Phi) is 5.57. The molecule has 5 rings (SSSR count). The van der Waals surface area contributed by atoms with Gasteiger partial charge in [0.1, 0.15) is 5.52 Å². The number of fused-ring (bicyclic) bond motifs is 2. The number of halogens is 1. The second kappa shape index (κ2) is 8.57. The van der Waals surface area contributed by atoms with E-state index in [-0.39, 0.29) is 23.9 Å². The number of anilines is 2. The Morgan fingerprint density at radius 3 is 2.53 bits per heavy atom. The molecule has 7 nitrogen and oxygen atoms in total. The molecular formula is C26H24ClN5O2. The third kappa shape index (κ3) is 3.72. The number of aryl methyl sites for hydroxylation is 1. The molecule has 0 aliphatic carbocycles. The van der Waals surface area contributed by atoms with E-state index in [1.54, 1.807) is 34.7 Å². The normalized spacial score (nSPS) is 17.5. The number of amides is 2. The summed E-state index contributed by atoms with van der Waals surface area (Å²) in [7, 11) is 1.82. The standard InChI is InChI=1S/C26H24ClN5O2/c1-16-14-25(32(17(2)33)20-11-9-19(27)10-12-20)21-6-4-5-7-23(21)31(16)26(34)18-8-13-24-22(15-18)28-29-30(24)3/h4-13,15-16,25H,14H2,1-3H3/t16-,25+/m0/s1. The molecule has 4 aromatic rings. The van der Waals surface area contributed by atoms with Crippen molar-refractivity contribution in [3.8, 4) is 0 Å². The highest BCUT2D eigenvalue weighted by Gasteiger charge is 2.38. The summed E-state index contributed by atoms with van der Waals surface area (Å²) in [5.41, 5.74) is 4.60. The van der Waals surface area contributed by atoms with Crippen molar-refractivity contribution in [2.75, 3.05) is 9.80 Å². The minimum absolute atomic E-state index is 0.0674. The zero-order valence-corrected chi connectivity index (χ0v) is 19.9. The topological polar surface area (TPSA) is 71.3 Å². The molecule has 34 heavy (non-hydrogen) atoms. The van der Waals surface area contributed by atoms with Crippen LogP contribution in [-0.2, 0) is 11.8 Å². The van der Waals surface area contributed by atoms with Gasteiger partial charge in [-0.05, 0) is 67.4 Å². The molecule has 1 aliphatic heterocycles. The van der Waals surface area contributed by atoms with Gasteiger partial charge in [0.2, 0.25) is 5.91 Å². The molecular weight excluding hydrogens is 450 g/mol. The second-order valence-corrected chi connectivity index (χ2v) is 9.05. The first-order valence-corrected chi connectivity index (χ1v) is 11.5. The third-order valence-corrected chi connectivity index (χ3v) is 6.64. The molecule has 2 amide bonds. The van der Waals surface area contributed by atoms with Crippen LogP contribution in [0.3, 0.4) is 0 Å². The molecule has 0 radical (unpaired) electrons. The summed E-state index contributed by atoms with van der Waals surface area (Å²) in [5.74, 6) is -0.172. The molecule has 0 fully saturated rings. The maximum atomic E-state index is 13.7. The molecule has 0 N–H and O–H groups in total. The van der Waals surface area contributed by atoms with Gasteiger partial charge >= 0.3 is 0 Å². The van der Waals surface area contributed by atoms with Crippen LogP contribution in [0.15, 0.2) is 66.7 Å². The summed E-state index contributed by atoms with van der Waals surface area (Å²) < 4.78 is 1.68. The van der Waals surface area contributed by atoms with Gasteiger partial charge in [-0.1, -0.05) is 35.0 Å². The van der Waals surface area contributed by atoms with Crippen LogP contribution < -0.4 is 9.80 Å². The lowest BCUT2D eigenvalue weighted by atomic mass is 9.89. The van der Waals surface area contributed by atoms with Crippen LogP contribution in [0.2, 0.25) is 5.02 Å². The maximum absolute atomic E-state index is 13.7. The van der Waals surface area contributed by atoms with E-state index in [1.807, 2.05) is 67.4 Å². The summed E-state index contributed by atoms with van der Waals surface area (Å²) in [6.07, 6.45) is 0.596. The Morgan fingerprint density at radius 1 is 1.06 bits per heavy atom. The average molecular weight is 474 g/mol. The van der Waals surface area contributed by atoms with Crippen LogP contribution >= 0.6 is 11.6 Å². The van der Waals surface area contributed by atoms with Crippen LogP contribution in [-0.4, -0.2) is 32.9 Å². The van der Waals surface area contributed by atoms with E-state index in [1.165, 1.54) is 0 Å². The first-order valence-electron chi connectivity index (χ1n) is 11.1. The fourth-order valence-electron chi connectivity index (χ4n) is 4.83. The summed E-state index contributed by atoms with van der Waals surface area (Å²) in [5, 5.41) is 8.80. The number of rotatable bonds is 3. The van der Waals surface area contributed by atoms with Gasteiger partial charge in [-0.3, -0.25) is 9.59 Å². The van der Waals surface area contributed by atoms with Crippen molar-refractivity contribution in [2.45, 2.75) is 32.4 Å². The lowest BCUT2D eigenvalue weighted by Crippen LogP contribution is -2.47. The van der Waals surface area contributed by atoms with E-state index in [4.69, 9.17) is 11.6 Å². The molecule has 0 saturated heterocycles. The zero-order valence-electron chi connectivity index (χ0n) is 19.1. The number of carbonyl (C=O) groups excluding carboxylic acids is 2. The van der Waals surface area contributed by atoms with Crippen molar-refractivity contribution >= 4 is 45.8 Å². The largest absolute Gasteiger partial charge is 0.305 e.